The molecule has 0 fully saturated rings. The number of halogens is 1. The first-order valence-corrected chi connectivity index (χ1v) is 9.26. The standard InChI is InChI=1S/C20H15FN2O5S/c1-13-22-16(12-29-13)11-27-17-4-2-3-14(9-17)5-8-20(24)28-19-10-15(21)6-7-18(19)23(25)26/h2-10,12H,11H2,1H3/b8-5+. The average molecular weight is 414 g/mol. The predicted molar refractivity (Wildman–Crippen MR) is 105 cm³/mol. The Morgan fingerprint density at radius 1 is 1.31 bits per heavy atom. The van der Waals surface area contributed by atoms with Crippen molar-refractivity contribution < 1.29 is 23.6 Å². The Labute approximate surface area is 169 Å². The van der Waals surface area contributed by atoms with Crippen molar-refractivity contribution in [2.45, 2.75) is 13.5 Å². The minimum atomic E-state index is -0.872. The van der Waals surface area contributed by atoms with Crippen LogP contribution in [0.2, 0.25) is 0 Å². The fourth-order valence-corrected chi connectivity index (χ4v) is 2.96. The number of carbonyl (C=O) groups excluding carboxylic acids is 1. The van der Waals surface area contributed by atoms with E-state index in [4.69, 9.17) is 9.47 Å². The molecule has 2 aromatic carbocycles. The highest BCUT2D eigenvalue weighted by molar-refractivity contribution is 7.09. The number of carbonyl (C=O) groups is 1. The summed E-state index contributed by atoms with van der Waals surface area (Å²) in [5.74, 6) is -1.49. The Hall–Kier alpha value is -3.59. The molecule has 0 bridgehead atoms. The van der Waals surface area contributed by atoms with Gasteiger partial charge in [0.2, 0.25) is 5.75 Å². The number of nitro benzene ring substituents is 1. The van der Waals surface area contributed by atoms with Crippen LogP contribution in [0, 0.1) is 22.9 Å². The van der Waals surface area contributed by atoms with Crippen LogP contribution >= 0.6 is 11.3 Å². The van der Waals surface area contributed by atoms with Crippen molar-refractivity contribution in [1.29, 1.82) is 0 Å². The molecule has 0 saturated heterocycles. The van der Waals surface area contributed by atoms with Crippen LogP contribution in [0.4, 0.5) is 10.1 Å². The summed E-state index contributed by atoms with van der Waals surface area (Å²) >= 11 is 1.54. The summed E-state index contributed by atoms with van der Waals surface area (Å²) in [5, 5.41) is 13.8. The summed E-state index contributed by atoms with van der Waals surface area (Å²) in [4.78, 5) is 26.5. The van der Waals surface area contributed by atoms with E-state index < -0.39 is 28.1 Å². The minimum absolute atomic E-state index is 0.322. The molecule has 0 radical (unpaired) electrons. The zero-order chi connectivity index (χ0) is 20.8. The van der Waals surface area contributed by atoms with Gasteiger partial charge in [0.05, 0.1) is 15.6 Å². The van der Waals surface area contributed by atoms with Gasteiger partial charge in [0, 0.05) is 23.6 Å². The molecule has 148 valence electrons. The molecule has 0 unspecified atom stereocenters. The Bertz CT molecular complexity index is 1080. The number of esters is 1. The summed E-state index contributed by atoms with van der Waals surface area (Å²) in [6.07, 6.45) is 2.56. The molecular weight excluding hydrogens is 399 g/mol. The Balaban J connectivity index is 1.64. The molecule has 0 aliphatic carbocycles. The van der Waals surface area contributed by atoms with E-state index >= 15 is 0 Å². The highest BCUT2D eigenvalue weighted by Gasteiger charge is 2.18. The van der Waals surface area contributed by atoms with Crippen LogP contribution in [0.5, 0.6) is 11.5 Å². The molecule has 0 amide bonds. The number of aryl methyl sites for hydroxylation is 1. The van der Waals surface area contributed by atoms with Crippen LogP contribution in [-0.4, -0.2) is 15.9 Å². The van der Waals surface area contributed by atoms with Gasteiger partial charge in [-0.1, -0.05) is 12.1 Å². The zero-order valence-corrected chi connectivity index (χ0v) is 16.0. The molecule has 1 heterocycles. The van der Waals surface area contributed by atoms with Crippen molar-refractivity contribution in [2.75, 3.05) is 0 Å². The van der Waals surface area contributed by atoms with Gasteiger partial charge < -0.3 is 9.47 Å². The van der Waals surface area contributed by atoms with E-state index in [1.165, 1.54) is 17.4 Å². The predicted octanol–water partition coefficient (Wildman–Crippen LogP) is 4.70. The summed E-state index contributed by atoms with van der Waals surface area (Å²) < 4.78 is 23.9. The molecule has 3 aromatic rings. The Kier molecular flexibility index (Phi) is 6.30. The van der Waals surface area contributed by atoms with E-state index in [1.807, 2.05) is 12.3 Å². The number of nitrogens with zero attached hydrogens (tertiary/aromatic N) is 2. The summed E-state index contributed by atoms with van der Waals surface area (Å²) in [5.41, 5.74) is 0.984. The largest absolute Gasteiger partial charge is 0.487 e. The second-order valence-corrected chi connectivity index (χ2v) is 6.90. The molecule has 0 aliphatic rings. The molecule has 0 N–H and O–H groups in total. The van der Waals surface area contributed by atoms with Gasteiger partial charge in [0.1, 0.15) is 18.2 Å². The number of thiazole rings is 1. The lowest BCUT2D eigenvalue weighted by Gasteiger charge is -2.05. The van der Waals surface area contributed by atoms with Crippen molar-refractivity contribution in [3.63, 3.8) is 0 Å². The molecule has 0 saturated carbocycles. The molecule has 29 heavy (non-hydrogen) atoms. The van der Waals surface area contributed by atoms with Crippen molar-refractivity contribution in [3.8, 4) is 11.5 Å². The fraction of sp³-hybridized carbons (Fsp3) is 0.100. The van der Waals surface area contributed by atoms with Crippen molar-refractivity contribution in [1.82, 2.24) is 4.98 Å². The van der Waals surface area contributed by atoms with Gasteiger partial charge in [-0.3, -0.25) is 10.1 Å². The third-order valence-corrected chi connectivity index (χ3v) is 4.47. The summed E-state index contributed by atoms with van der Waals surface area (Å²) in [6, 6.07) is 9.63. The van der Waals surface area contributed by atoms with Gasteiger partial charge in [-0.05, 0) is 36.8 Å². The molecule has 9 heteroatoms. The lowest BCUT2D eigenvalue weighted by atomic mass is 10.2. The molecule has 0 atom stereocenters. The smallest absolute Gasteiger partial charge is 0.336 e. The molecular formula is C20H15FN2O5S. The fourth-order valence-electron chi connectivity index (χ4n) is 2.37. The highest BCUT2D eigenvalue weighted by atomic mass is 32.1. The van der Waals surface area contributed by atoms with Crippen molar-refractivity contribution in [2.24, 2.45) is 0 Å². The molecule has 7 nitrogen and oxygen atoms in total. The number of hydrogen-bond acceptors (Lipinski definition) is 7. The number of nitro groups is 1. The van der Waals surface area contributed by atoms with Crippen LogP contribution in [0.3, 0.4) is 0 Å². The van der Waals surface area contributed by atoms with E-state index in [0.717, 1.165) is 35.0 Å². The van der Waals surface area contributed by atoms with Gasteiger partial charge >= 0.3 is 11.7 Å². The maximum Gasteiger partial charge on any atom is 0.336 e. The maximum atomic E-state index is 13.3. The number of ether oxygens (including phenoxy) is 2. The van der Waals surface area contributed by atoms with Gasteiger partial charge in [-0.15, -0.1) is 11.3 Å². The first-order chi connectivity index (χ1) is 13.9. The third kappa shape index (κ3) is 5.69. The van der Waals surface area contributed by atoms with Gasteiger partial charge in [0.25, 0.3) is 0 Å². The normalized spacial score (nSPS) is 10.8. The van der Waals surface area contributed by atoms with Crippen molar-refractivity contribution in [3.05, 3.63) is 86.1 Å². The second kappa shape index (κ2) is 9.07. The Morgan fingerprint density at radius 2 is 2.14 bits per heavy atom. The van der Waals surface area contributed by atoms with E-state index in [9.17, 15) is 19.3 Å². The third-order valence-electron chi connectivity index (χ3n) is 3.65. The summed E-state index contributed by atoms with van der Waals surface area (Å²) in [7, 11) is 0. The molecule has 3 rings (SSSR count). The Morgan fingerprint density at radius 3 is 2.86 bits per heavy atom. The van der Waals surface area contributed by atoms with Crippen molar-refractivity contribution >= 4 is 29.1 Å². The van der Waals surface area contributed by atoms with Crippen LogP contribution in [0.1, 0.15) is 16.3 Å². The topological polar surface area (TPSA) is 91.6 Å². The summed E-state index contributed by atoms with van der Waals surface area (Å²) in [6.45, 7) is 2.24. The molecule has 1 aromatic heterocycles. The van der Waals surface area contributed by atoms with E-state index in [1.54, 1.807) is 24.3 Å². The number of rotatable bonds is 7. The lowest BCUT2D eigenvalue weighted by Crippen LogP contribution is -2.06. The van der Waals surface area contributed by atoms with Crippen LogP contribution in [0.15, 0.2) is 53.9 Å². The quantitative estimate of drug-likeness (QED) is 0.183. The second-order valence-electron chi connectivity index (χ2n) is 5.84. The molecule has 0 spiro atoms. The van der Waals surface area contributed by atoms with Crippen LogP contribution in [0.25, 0.3) is 6.08 Å². The van der Waals surface area contributed by atoms with Crippen LogP contribution < -0.4 is 9.47 Å². The maximum absolute atomic E-state index is 13.3. The highest BCUT2D eigenvalue weighted by Crippen LogP contribution is 2.27. The van der Waals surface area contributed by atoms with Gasteiger partial charge in [-0.25, -0.2) is 14.2 Å². The monoisotopic (exact) mass is 414 g/mol. The van der Waals surface area contributed by atoms with E-state index in [2.05, 4.69) is 4.98 Å². The van der Waals surface area contributed by atoms with Gasteiger partial charge in [0.15, 0.2) is 0 Å². The van der Waals surface area contributed by atoms with E-state index in [0.29, 0.717) is 17.9 Å². The number of aromatic nitrogens is 1. The minimum Gasteiger partial charge on any atom is -0.487 e. The average Bonchev–Trinajstić information content (AvgIpc) is 3.10. The number of hydrogen-bond donors (Lipinski definition) is 0. The van der Waals surface area contributed by atoms with Gasteiger partial charge in [-0.2, -0.15) is 0 Å². The first kappa shape index (κ1) is 20.2. The number of benzene rings is 2. The first-order valence-electron chi connectivity index (χ1n) is 8.38. The van der Waals surface area contributed by atoms with E-state index in [-0.39, 0.29) is 0 Å². The lowest BCUT2D eigenvalue weighted by molar-refractivity contribution is -0.385. The SMILES string of the molecule is Cc1nc(COc2cccc(/C=C/C(=O)Oc3cc(F)ccc3[N+](=O)[O-])c2)cs1. The zero-order valence-electron chi connectivity index (χ0n) is 15.2. The van der Waals surface area contributed by atoms with Crippen LogP contribution in [-0.2, 0) is 11.4 Å². The molecule has 0 aliphatic heterocycles.